The van der Waals surface area contributed by atoms with Crippen LogP contribution in [0.15, 0.2) is 36.4 Å². The zero-order valence-electron chi connectivity index (χ0n) is 10.9. The summed E-state index contributed by atoms with van der Waals surface area (Å²) in [6.07, 6.45) is 0. The Hall–Kier alpha value is -1.72. The third kappa shape index (κ3) is 3.39. The molecule has 1 heterocycles. The molecular weight excluding hydrogens is 260 g/mol. The quantitative estimate of drug-likeness (QED) is 0.667. The molecular formula is C14H16N2O2S. The van der Waals surface area contributed by atoms with E-state index in [2.05, 4.69) is 19.2 Å². The first-order chi connectivity index (χ1) is 9.08. The summed E-state index contributed by atoms with van der Waals surface area (Å²) in [7, 11) is 0. The normalized spacial score (nSPS) is 10.9. The van der Waals surface area contributed by atoms with Gasteiger partial charge in [0.15, 0.2) is 0 Å². The number of thiophene rings is 1. The van der Waals surface area contributed by atoms with Crippen molar-refractivity contribution in [3.8, 4) is 10.4 Å². The van der Waals surface area contributed by atoms with Crippen molar-refractivity contribution in [2.45, 2.75) is 26.4 Å². The lowest BCUT2D eigenvalue weighted by molar-refractivity contribution is -0.384. The molecule has 1 aromatic carbocycles. The third-order valence-electron chi connectivity index (χ3n) is 2.71. The topological polar surface area (TPSA) is 55.2 Å². The molecule has 0 aliphatic carbocycles. The zero-order valence-corrected chi connectivity index (χ0v) is 11.7. The third-order valence-corrected chi connectivity index (χ3v) is 3.83. The van der Waals surface area contributed by atoms with E-state index in [-0.39, 0.29) is 10.6 Å². The number of nitrogens with one attached hydrogen (secondary N) is 1. The second-order valence-corrected chi connectivity index (χ2v) is 5.74. The molecule has 0 amide bonds. The molecule has 5 heteroatoms. The molecule has 0 aliphatic heterocycles. The molecule has 19 heavy (non-hydrogen) atoms. The van der Waals surface area contributed by atoms with Crippen LogP contribution in [0.2, 0.25) is 0 Å². The fraction of sp³-hybridized carbons (Fsp3) is 0.286. The van der Waals surface area contributed by atoms with Gasteiger partial charge < -0.3 is 5.32 Å². The number of para-hydroxylation sites is 1. The minimum absolute atomic E-state index is 0.160. The van der Waals surface area contributed by atoms with Crippen LogP contribution in [0.1, 0.15) is 18.7 Å². The minimum Gasteiger partial charge on any atom is -0.310 e. The first-order valence-electron chi connectivity index (χ1n) is 6.14. The van der Waals surface area contributed by atoms with E-state index in [1.54, 1.807) is 29.5 Å². The predicted octanol–water partition coefficient (Wildman–Crippen LogP) is 3.82. The first kappa shape index (κ1) is 13.7. The van der Waals surface area contributed by atoms with E-state index in [1.165, 1.54) is 4.88 Å². The number of hydrogen-bond acceptors (Lipinski definition) is 4. The van der Waals surface area contributed by atoms with Gasteiger partial charge in [-0.15, -0.1) is 11.3 Å². The maximum atomic E-state index is 11.0. The standard InChI is InChI=1S/C14H16N2O2S/c1-10(2)15-9-11-7-8-14(19-11)12-5-3-4-6-13(12)16(17)18/h3-8,10,15H,9H2,1-2H3. The fourth-order valence-corrected chi connectivity index (χ4v) is 2.76. The molecule has 0 aliphatic rings. The molecule has 100 valence electrons. The molecule has 0 saturated carbocycles. The van der Waals surface area contributed by atoms with Crippen LogP contribution in [0, 0.1) is 10.1 Å². The lowest BCUT2D eigenvalue weighted by Crippen LogP contribution is -2.21. The Labute approximate surface area is 116 Å². The van der Waals surface area contributed by atoms with Gasteiger partial charge in [-0.25, -0.2) is 0 Å². The van der Waals surface area contributed by atoms with Crippen molar-refractivity contribution in [1.29, 1.82) is 0 Å². The van der Waals surface area contributed by atoms with Crippen LogP contribution in [0.5, 0.6) is 0 Å². The summed E-state index contributed by atoms with van der Waals surface area (Å²) >= 11 is 1.59. The molecule has 2 aromatic rings. The van der Waals surface area contributed by atoms with E-state index < -0.39 is 0 Å². The molecule has 0 unspecified atom stereocenters. The van der Waals surface area contributed by atoms with Crippen LogP contribution in [0.3, 0.4) is 0 Å². The average Bonchev–Trinajstić information content (AvgIpc) is 2.85. The summed E-state index contributed by atoms with van der Waals surface area (Å²) < 4.78 is 0. The SMILES string of the molecule is CC(C)NCc1ccc(-c2ccccc2[N+](=O)[O-])s1. The maximum absolute atomic E-state index is 11.0. The Balaban J connectivity index is 2.25. The van der Waals surface area contributed by atoms with Gasteiger partial charge >= 0.3 is 0 Å². The number of hydrogen-bond donors (Lipinski definition) is 1. The van der Waals surface area contributed by atoms with Crippen molar-refractivity contribution in [3.05, 3.63) is 51.4 Å². The summed E-state index contributed by atoms with van der Waals surface area (Å²) in [5.74, 6) is 0. The smallest absolute Gasteiger partial charge is 0.278 e. The van der Waals surface area contributed by atoms with Crippen LogP contribution in [0.25, 0.3) is 10.4 Å². The zero-order chi connectivity index (χ0) is 13.8. The lowest BCUT2D eigenvalue weighted by atomic mass is 10.1. The molecule has 0 saturated heterocycles. The highest BCUT2D eigenvalue weighted by Gasteiger charge is 2.15. The average molecular weight is 276 g/mol. The van der Waals surface area contributed by atoms with E-state index in [4.69, 9.17) is 0 Å². The highest BCUT2D eigenvalue weighted by molar-refractivity contribution is 7.15. The van der Waals surface area contributed by atoms with Crippen molar-refractivity contribution in [2.75, 3.05) is 0 Å². The van der Waals surface area contributed by atoms with Crippen molar-refractivity contribution < 1.29 is 4.92 Å². The molecule has 2 rings (SSSR count). The Morgan fingerprint density at radius 2 is 2.00 bits per heavy atom. The van der Waals surface area contributed by atoms with E-state index in [0.717, 1.165) is 11.4 Å². The molecule has 1 aromatic heterocycles. The highest BCUT2D eigenvalue weighted by Crippen LogP contribution is 2.34. The number of benzene rings is 1. The van der Waals surface area contributed by atoms with Crippen molar-refractivity contribution in [1.82, 2.24) is 5.32 Å². The molecule has 4 nitrogen and oxygen atoms in total. The van der Waals surface area contributed by atoms with Crippen LogP contribution < -0.4 is 5.32 Å². The number of rotatable bonds is 5. The summed E-state index contributed by atoms with van der Waals surface area (Å²) in [6, 6.07) is 11.3. The lowest BCUT2D eigenvalue weighted by Gasteiger charge is -2.05. The second kappa shape index (κ2) is 5.95. The van der Waals surface area contributed by atoms with Gasteiger partial charge in [-0.1, -0.05) is 26.0 Å². The molecule has 0 fully saturated rings. The Morgan fingerprint density at radius 3 is 2.68 bits per heavy atom. The van der Waals surface area contributed by atoms with E-state index in [9.17, 15) is 10.1 Å². The van der Waals surface area contributed by atoms with Gasteiger partial charge in [0.1, 0.15) is 0 Å². The second-order valence-electron chi connectivity index (χ2n) is 4.58. The molecule has 0 radical (unpaired) electrons. The van der Waals surface area contributed by atoms with E-state index >= 15 is 0 Å². The van der Waals surface area contributed by atoms with Crippen molar-refractivity contribution >= 4 is 17.0 Å². The Bertz CT molecular complexity index is 578. The molecule has 0 spiro atoms. The first-order valence-corrected chi connectivity index (χ1v) is 6.95. The van der Waals surface area contributed by atoms with Crippen LogP contribution in [-0.2, 0) is 6.54 Å². The molecule has 0 bridgehead atoms. The van der Waals surface area contributed by atoms with Crippen LogP contribution >= 0.6 is 11.3 Å². The van der Waals surface area contributed by atoms with Gasteiger partial charge in [0.25, 0.3) is 5.69 Å². The van der Waals surface area contributed by atoms with Gasteiger partial charge in [0, 0.05) is 28.4 Å². The van der Waals surface area contributed by atoms with Gasteiger partial charge in [-0.05, 0) is 18.2 Å². The minimum atomic E-state index is -0.332. The number of nitro benzene ring substituents is 1. The van der Waals surface area contributed by atoms with Crippen molar-refractivity contribution in [3.63, 3.8) is 0 Å². The summed E-state index contributed by atoms with van der Waals surface area (Å²) in [6.45, 7) is 4.98. The van der Waals surface area contributed by atoms with Crippen molar-refractivity contribution in [2.24, 2.45) is 0 Å². The fourth-order valence-electron chi connectivity index (χ4n) is 1.76. The van der Waals surface area contributed by atoms with E-state index in [0.29, 0.717) is 11.6 Å². The predicted molar refractivity (Wildman–Crippen MR) is 78.4 cm³/mol. The summed E-state index contributed by atoms with van der Waals surface area (Å²) in [4.78, 5) is 12.8. The van der Waals surface area contributed by atoms with Gasteiger partial charge in [0.2, 0.25) is 0 Å². The molecule has 0 atom stereocenters. The van der Waals surface area contributed by atoms with Gasteiger partial charge in [-0.2, -0.15) is 0 Å². The summed E-state index contributed by atoms with van der Waals surface area (Å²) in [5.41, 5.74) is 0.848. The van der Waals surface area contributed by atoms with Gasteiger partial charge in [0.05, 0.1) is 10.5 Å². The van der Waals surface area contributed by atoms with Crippen LogP contribution in [0.4, 0.5) is 5.69 Å². The Morgan fingerprint density at radius 1 is 1.26 bits per heavy atom. The monoisotopic (exact) mass is 276 g/mol. The summed E-state index contributed by atoms with van der Waals surface area (Å²) in [5, 5.41) is 14.4. The molecule has 1 N–H and O–H groups in total. The Kier molecular flexibility index (Phi) is 4.29. The van der Waals surface area contributed by atoms with Crippen LogP contribution in [-0.4, -0.2) is 11.0 Å². The number of nitrogens with zero attached hydrogens (tertiary/aromatic N) is 1. The largest absolute Gasteiger partial charge is 0.310 e. The highest BCUT2D eigenvalue weighted by atomic mass is 32.1. The number of nitro groups is 1. The van der Waals surface area contributed by atoms with Gasteiger partial charge in [-0.3, -0.25) is 10.1 Å². The van der Waals surface area contributed by atoms with E-state index in [1.807, 2.05) is 18.2 Å². The maximum Gasteiger partial charge on any atom is 0.278 e.